The molecule has 0 saturated carbocycles. The number of nitrogens with zero attached hydrogens (tertiary/aromatic N) is 2. The number of nitrogens with one attached hydrogen (secondary N) is 1. The molecule has 1 aromatic carbocycles. The van der Waals surface area contributed by atoms with Crippen LogP contribution >= 0.6 is 0 Å². The average Bonchev–Trinajstić information content (AvgIpc) is 2.71. The van der Waals surface area contributed by atoms with E-state index in [-0.39, 0.29) is 5.56 Å². The lowest BCUT2D eigenvalue weighted by molar-refractivity contribution is -0.137. The highest BCUT2D eigenvalue weighted by Gasteiger charge is 2.33. The Labute approximate surface area is 169 Å². The summed E-state index contributed by atoms with van der Waals surface area (Å²) >= 11 is 0. The molecule has 8 nitrogen and oxygen atoms in total. The van der Waals surface area contributed by atoms with Gasteiger partial charge in [0.05, 0.1) is 30.5 Å². The predicted octanol–water partition coefficient (Wildman–Crippen LogP) is 2.36. The van der Waals surface area contributed by atoms with Gasteiger partial charge in [0.25, 0.3) is 5.91 Å². The fourth-order valence-electron chi connectivity index (χ4n) is 2.28. The van der Waals surface area contributed by atoms with E-state index in [0.29, 0.717) is 5.88 Å². The maximum absolute atomic E-state index is 13.0. The van der Waals surface area contributed by atoms with Crippen molar-refractivity contribution in [2.45, 2.75) is 6.18 Å². The second-order valence-corrected chi connectivity index (χ2v) is 6.01. The van der Waals surface area contributed by atoms with Crippen LogP contribution in [0, 0.1) is 0 Å². The molecule has 1 aromatic heterocycles. The van der Waals surface area contributed by atoms with E-state index >= 15 is 0 Å². The van der Waals surface area contributed by atoms with E-state index in [1.165, 1.54) is 44.6 Å². The molecule has 0 fully saturated rings. The number of aromatic nitrogens is 1. The number of rotatable bonds is 7. The van der Waals surface area contributed by atoms with Gasteiger partial charge in [-0.3, -0.25) is 9.59 Å². The Kier molecular flexibility index (Phi) is 7.34. The zero-order chi connectivity index (χ0) is 22.3. The van der Waals surface area contributed by atoms with Crippen LogP contribution in [0.4, 0.5) is 18.9 Å². The number of esters is 1. The molecule has 0 radical (unpaired) electrons. The SMILES string of the molecule is COc1ccc(C(=O)OCC(=O)N(C)CC(=O)Nc2ccccc2C(F)(F)F)cn1. The molecule has 30 heavy (non-hydrogen) atoms. The first-order valence-electron chi connectivity index (χ1n) is 8.49. The first-order chi connectivity index (χ1) is 14.1. The van der Waals surface area contributed by atoms with Crippen molar-refractivity contribution in [3.8, 4) is 5.88 Å². The number of carbonyl (C=O) groups excluding carboxylic acids is 3. The maximum Gasteiger partial charge on any atom is 0.418 e. The van der Waals surface area contributed by atoms with Gasteiger partial charge in [0.1, 0.15) is 0 Å². The number of ether oxygens (including phenoxy) is 2. The summed E-state index contributed by atoms with van der Waals surface area (Å²) in [5, 5.41) is 2.12. The third-order valence-corrected chi connectivity index (χ3v) is 3.82. The number of methoxy groups -OCH3 is 1. The molecule has 0 saturated heterocycles. The summed E-state index contributed by atoms with van der Waals surface area (Å²) in [4.78, 5) is 40.7. The third kappa shape index (κ3) is 6.19. The zero-order valence-corrected chi connectivity index (χ0v) is 16.0. The zero-order valence-electron chi connectivity index (χ0n) is 16.0. The van der Waals surface area contributed by atoms with Gasteiger partial charge in [-0.25, -0.2) is 9.78 Å². The number of amides is 2. The quantitative estimate of drug-likeness (QED) is 0.684. The molecule has 1 heterocycles. The number of likely N-dealkylation sites (N-methyl/N-ethyl adjacent to an activating group) is 1. The van der Waals surface area contributed by atoms with Gasteiger partial charge in [-0.1, -0.05) is 12.1 Å². The Morgan fingerprint density at radius 1 is 1.13 bits per heavy atom. The topological polar surface area (TPSA) is 97.8 Å². The minimum absolute atomic E-state index is 0.0905. The average molecular weight is 425 g/mol. The molecular formula is C19H18F3N3O5. The van der Waals surface area contributed by atoms with Gasteiger partial charge >= 0.3 is 12.1 Å². The van der Waals surface area contributed by atoms with Crippen LogP contribution in [0.25, 0.3) is 0 Å². The smallest absolute Gasteiger partial charge is 0.418 e. The third-order valence-electron chi connectivity index (χ3n) is 3.82. The molecule has 2 amide bonds. The van der Waals surface area contributed by atoms with Gasteiger partial charge in [-0.05, 0) is 18.2 Å². The Bertz CT molecular complexity index is 916. The Morgan fingerprint density at radius 3 is 2.43 bits per heavy atom. The summed E-state index contributed by atoms with van der Waals surface area (Å²) in [5.41, 5.74) is -1.34. The van der Waals surface area contributed by atoms with Gasteiger partial charge in [0.15, 0.2) is 6.61 Å². The minimum atomic E-state index is -4.64. The van der Waals surface area contributed by atoms with E-state index in [1.807, 2.05) is 0 Å². The van der Waals surface area contributed by atoms with Crippen LogP contribution in [0.1, 0.15) is 15.9 Å². The van der Waals surface area contributed by atoms with Crippen molar-refractivity contribution in [2.24, 2.45) is 0 Å². The van der Waals surface area contributed by atoms with Crippen LogP contribution in [0.5, 0.6) is 5.88 Å². The van der Waals surface area contributed by atoms with E-state index < -0.39 is 48.4 Å². The largest absolute Gasteiger partial charge is 0.481 e. The molecule has 0 spiro atoms. The van der Waals surface area contributed by atoms with Crippen molar-refractivity contribution < 1.29 is 37.0 Å². The summed E-state index contributed by atoms with van der Waals surface area (Å²) in [6.45, 7) is -1.19. The highest BCUT2D eigenvalue weighted by Crippen LogP contribution is 2.34. The Morgan fingerprint density at radius 2 is 1.83 bits per heavy atom. The van der Waals surface area contributed by atoms with E-state index in [9.17, 15) is 27.6 Å². The second kappa shape index (κ2) is 9.72. The van der Waals surface area contributed by atoms with Crippen LogP contribution in [0.2, 0.25) is 0 Å². The van der Waals surface area contributed by atoms with Crippen LogP contribution in [0.15, 0.2) is 42.6 Å². The number of benzene rings is 1. The number of para-hydroxylation sites is 1. The monoisotopic (exact) mass is 425 g/mol. The molecule has 1 N–H and O–H groups in total. The van der Waals surface area contributed by atoms with Gasteiger partial charge < -0.3 is 19.7 Å². The number of pyridine rings is 1. The van der Waals surface area contributed by atoms with Crippen LogP contribution in [-0.4, -0.2) is 55.0 Å². The normalized spacial score (nSPS) is 10.8. The van der Waals surface area contributed by atoms with Crippen molar-refractivity contribution >= 4 is 23.5 Å². The summed E-state index contributed by atoms with van der Waals surface area (Å²) in [6.07, 6.45) is -3.43. The Hall–Kier alpha value is -3.63. The molecule has 2 aromatic rings. The summed E-state index contributed by atoms with van der Waals surface area (Å²) < 4.78 is 48.6. The Balaban J connectivity index is 1.88. The van der Waals surface area contributed by atoms with Gasteiger partial charge in [-0.2, -0.15) is 13.2 Å². The summed E-state index contributed by atoms with van der Waals surface area (Å²) in [5.74, 6) is -2.08. The molecule has 160 valence electrons. The molecular weight excluding hydrogens is 407 g/mol. The molecule has 2 rings (SSSR count). The standard InChI is InChI=1S/C19H18F3N3O5/c1-25(10-15(26)24-14-6-4-3-5-13(14)19(20,21)22)17(27)11-30-18(28)12-7-8-16(29-2)23-9-12/h3-9H,10-11H2,1-2H3,(H,24,26). The summed E-state index contributed by atoms with van der Waals surface area (Å²) in [7, 11) is 2.66. The highest BCUT2D eigenvalue weighted by molar-refractivity contribution is 5.96. The number of hydrogen-bond acceptors (Lipinski definition) is 6. The molecule has 0 bridgehead atoms. The van der Waals surface area contributed by atoms with Gasteiger partial charge in [0, 0.05) is 19.3 Å². The minimum Gasteiger partial charge on any atom is -0.481 e. The highest BCUT2D eigenvalue weighted by atomic mass is 19.4. The lowest BCUT2D eigenvalue weighted by atomic mass is 10.1. The molecule has 11 heteroatoms. The van der Waals surface area contributed by atoms with Gasteiger partial charge in [-0.15, -0.1) is 0 Å². The van der Waals surface area contributed by atoms with Crippen LogP contribution < -0.4 is 10.1 Å². The van der Waals surface area contributed by atoms with Crippen LogP contribution in [0.3, 0.4) is 0 Å². The van der Waals surface area contributed by atoms with E-state index in [2.05, 4.69) is 10.3 Å². The number of alkyl halides is 3. The summed E-state index contributed by atoms with van der Waals surface area (Å²) in [6, 6.07) is 7.31. The molecule has 0 aliphatic rings. The van der Waals surface area contributed by atoms with Crippen molar-refractivity contribution in [1.29, 1.82) is 0 Å². The van der Waals surface area contributed by atoms with Crippen molar-refractivity contribution in [3.63, 3.8) is 0 Å². The van der Waals surface area contributed by atoms with Crippen molar-refractivity contribution in [3.05, 3.63) is 53.7 Å². The van der Waals surface area contributed by atoms with E-state index in [4.69, 9.17) is 9.47 Å². The van der Waals surface area contributed by atoms with Crippen molar-refractivity contribution in [2.75, 3.05) is 32.6 Å². The maximum atomic E-state index is 13.0. The molecule has 0 unspecified atom stereocenters. The fourth-order valence-corrected chi connectivity index (χ4v) is 2.28. The number of carbonyl (C=O) groups is 3. The van der Waals surface area contributed by atoms with Crippen molar-refractivity contribution in [1.82, 2.24) is 9.88 Å². The van der Waals surface area contributed by atoms with E-state index in [1.54, 1.807) is 0 Å². The van der Waals surface area contributed by atoms with E-state index in [0.717, 1.165) is 17.0 Å². The molecule has 0 aliphatic carbocycles. The number of halogens is 3. The fraction of sp³-hybridized carbons (Fsp3) is 0.263. The first-order valence-corrected chi connectivity index (χ1v) is 8.49. The number of anilines is 1. The van der Waals surface area contributed by atoms with Gasteiger partial charge in [0.2, 0.25) is 11.8 Å². The lowest BCUT2D eigenvalue weighted by Gasteiger charge is -2.18. The lowest BCUT2D eigenvalue weighted by Crippen LogP contribution is -2.37. The second-order valence-electron chi connectivity index (χ2n) is 6.01. The predicted molar refractivity (Wildman–Crippen MR) is 98.8 cm³/mol. The first kappa shape index (κ1) is 22.7. The number of hydrogen-bond donors (Lipinski definition) is 1. The molecule has 0 aliphatic heterocycles. The molecule has 0 atom stereocenters. The van der Waals surface area contributed by atoms with Crippen LogP contribution in [-0.2, 0) is 20.5 Å².